The van der Waals surface area contributed by atoms with Gasteiger partial charge in [0.1, 0.15) is 0 Å². The highest BCUT2D eigenvalue weighted by Gasteiger charge is 2.10. The Labute approximate surface area is 222 Å². The summed E-state index contributed by atoms with van der Waals surface area (Å²) in [7, 11) is 0. The zero-order chi connectivity index (χ0) is 25.6. The van der Waals surface area contributed by atoms with Crippen LogP contribution in [-0.2, 0) is 0 Å². The second-order valence-electron chi connectivity index (χ2n) is 10.2. The highest BCUT2D eigenvalue weighted by molar-refractivity contribution is 6.16. The lowest BCUT2D eigenvalue weighted by Crippen LogP contribution is -1.89. The lowest BCUT2D eigenvalue weighted by Gasteiger charge is -2.14. The molecule has 180 valence electrons. The van der Waals surface area contributed by atoms with Crippen LogP contribution in [0.15, 0.2) is 133 Å². The molecule has 8 rings (SSSR count). The highest BCUT2D eigenvalue weighted by Crippen LogP contribution is 2.36. The molecule has 0 amide bonds. The van der Waals surface area contributed by atoms with Crippen molar-refractivity contribution in [3.8, 4) is 0 Å². The Balaban J connectivity index is 0.000000128. The van der Waals surface area contributed by atoms with Crippen molar-refractivity contribution in [2.45, 2.75) is 13.8 Å². The summed E-state index contributed by atoms with van der Waals surface area (Å²) in [5.41, 5.74) is 2.77. The molecule has 0 bridgehead atoms. The van der Waals surface area contributed by atoms with Gasteiger partial charge in [0.2, 0.25) is 0 Å². The predicted octanol–water partition coefficient (Wildman–Crippen LogP) is 10.9. The Morgan fingerprint density at radius 1 is 0.289 bits per heavy atom. The normalized spacial score (nSPS) is 11.4. The Kier molecular flexibility index (Phi) is 5.34. The Hall–Kier alpha value is -4.68. The van der Waals surface area contributed by atoms with Gasteiger partial charge in [0.15, 0.2) is 0 Å². The first-order valence-corrected chi connectivity index (χ1v) is 13.3. The molecule has 8 aromatic rings. The third kappa shape index (κ3) is 3.61. The zero-order valence-electron chi connectivity index (χ0n) is 21.7. The second kappa shape index (κ2) is 9.01. The number of benzene rings is 8. The maximum Gasteiger partial charge on any atom is -0.00671 e. The molecule has 0 heterocycles. The fraction of sp³-hybridized carbons (Fsp3) is 0.0526. The van der Waals surface area contributed by atoms with Gasteiger partial charge in [0.25, 0.3) is 0 Å². The predicted molar refractivity (Wildman–Crippen MR) is 167 cm³/mol. The van der Waals surface area contributed by atoms with Gasteiger partial charge in [0, 0.05) is 0 Å². The van der Waals surface area contributed by atoms with Crippen LogP contribution in [0, 0.1) is 13.8 Å². The lowest BCUT2D eigenvalue weighted by molar-refractivity contribution is 1.53. The quantitative estimate of drug-likeness (QED) is 0.148. The molecule has 0 saturated carbocycles. The molecule has 0 spiro atoms. The summed E-state index contributed by atoms with van der Waals surface area (Å²) in [6.45, 7) is 4.48. The summed E-state index contributed by atoms with van der Waals surface area (Å²) in [5.74, 6) is 0. The summed E-state index contributed by atoms with van der Waals surface area (Å²) in [5, 5.41) is 16.1. The molecule has 0 saturated heterocycles. The number of rotatable bonds is 0. The summed E-state index contributed by atoms with van der Waals surface area (Å²) < 4.78 is 0. The second-order valence-corrected chi connectivity index (χ2v) is 10.2. The number of fused-ring (bicyclic) bond motifs is 8. The summed E-state index contributed by atoms with van der Waals surface area (Å²) in [4.78, 5) is 0. The van der Waals surface area contributed by atoms with Crippen LogP contribution in [-0.4, -0.2) is 0 Å². The minimum absolute atomic E-state index is 1.31. The molecule has 8 aromatic carbocycles. The van der Waals surface area contributed by atoms with Crippen molar-refractivity contribution in [2.24, 2.45) is 0 Å². The standard InChI is InChI=1S/C20H16.C18H12/c1-13-16-8-5-6-9-17(16)14(2)20-18(13)12-11-15-7-3-4-10-19(15)20;1-2-7-15-12-18-16(11-14(15)6-1)10-9-13-5-3-4-8-17(13)18/h3-12H,1-2H3;1-12H. The fourth-order valence-electron chi connectivity index (χ4n) is 6.10. The van der Waals surface area contributed by atoms with Gasteiger partial charge in [-0.15, -0.1) is 0 Å². The minimum atomic E-state index is 1.31. The van der Waals surface area contributed by atoms with Gasteiger partial charge in [0.05, 0.1) is 0 Å². The van der Waals surface area contributed by atoms with Crippen molar-refractivity contribution in [2.75, 3.05) is 0 Å². The smallest absolute Gasteiger partial charge is 0.00671 e. The molecule has 0 aliphatic carbocycles. The van der Waals surface area contributed by atoms with E-state index in [1.807, 2.05) is 0 Å². The average molecular weight is 485 g/mol. The van der Waals surface area contributed by atoms with Gasteiger partial charge in [-0.25, -0.2) is 0 Å². The number of hydrogen-bond donors (Lipinski definition) is 0. The van der Waals surface area contributed by atoms with E-state index >= 15 is 0 Å². The van der Waals surface area contributed by atoms with Crippen LogP contribution in [0.2, 0.25) is 0 Å². The highest BCUT2D eigenvalue weighted by atomic mass is 14.1. The molecule has 0 nitrogen and oxygen atoms in total. The molecule has 0 aliphatic heterocycles. The topological polar surface area (TPSA) is 0 Å². The zero-order valence-corrected chi connectivity index (χ0v) is 21.7. The van der Waals surface area contributed by atoms with Gasteiger partial charge in [-0.05, 0) is 102 Å². The van der Waals surface area contributed by atoms with Crippen molar-refractivity contribution in [1.29, 1.82) is 0 Å². The van der Waals surface area contributed by atoms with Gasteiger partial charge in [-0.1, -0.05) is 121 Å². The van der Waals surface area contributed by atoms with E-state index in [9.17, 15) is 0 Å². The molecule has 0 heteroatoms. The average Bonchev–Trinajstić information content (AvgIpc) is 2.98. The van der Waals surface area contributed by atoms with Crippen molar-refractivity contribution in [3.63, 3.8) is 0 Å². The van der Waals surface area contributed by atoms with E-state index in [-0.39, 0.29) is 0 Å². The first-order valence-electron chi connectivity index (χ1n) is 13.3. The van der Waals surface area contributed by atoms with Crippen LogP contribution in [0.4, 0.5) is 0 Å². The third-order valence-electron chi connectivity index (χ3n) is 8.05. The molecular formula is C38H28. The summed E-state index contributed by atoms with van der Waals surface area (Å²) in [6.07, 6.45) is 0. The first-order chi connectivity index (χ1) is 18.7. The first kappa shape index (κ1) is 22.5. The van der Waals surface area contributed by atoms with Crippen molar-refractivity contribution >= 4 is 64.6 Å². The van der Waals surface area contributed by atoms with Gasteiger partial charge < -0.3 is 0 Å². The Bertz CT molecular complexity index is 2140. The molecule has 0 aliphatic rings. The van der Waals surface area contributed by atoms with Crippen molar-refractivity contribution in [1.82, 2.24) is 0 Å². The monoisotopic (exact) mass is 484 g/mol. The van der Waals surface area contributed by atoms with E-state index in [1.54, 1.807) is 0 Å². The van der Waals surface area contributed by atoms with Crippen LogP contribution in [0.25, 0.3) is 64.6 Å². The maximum atomic E-state index is 2.30. The van der Waals surface area contributed by atoms with E-state index < -0.39 is 0 Å². The molecule has 0 N–H and O–H groups in total. The fourth-order valence-corrected chi connectivity index (χ4v) is 6.10. The minimum Gasteiger partial charge on any atom is -0.0616 e. The number of aryl methyl sites for hydroxylation is 2. The van der Waals surface area contributed by atoms with E-state index in [0.29, 0.717) is 0 Å². The number of hydrogen-bond acceptors (Lipinski definition) is 0. The SMILES string of the molecule is Cc1c2ccccc2c(C)c2c1ccc1ccccc12.c1ccc2cc3c(ccc4ccccc43)cc2c1. The van der Waals surface area contributed by atoms with Crippen LogP contribution in [0.1, 0.15) is 11.1 Å². The van der Waals surface area contributed by atoms with E-state index in [2.05, 4.69) is 147 Å². The summed E-state index contributed by atoms with van der Waals surface area (Å²) in [6, 6.07) is 48.0. The van der Waals surface area contributed by atoms with Crippen LogP contribution in [0.5, 0.6) is 0 Å². The summed E-state index contributed by atoms with van der Waals surface area (Å²) >= 11 is 0. The van der Waals surface area contributed by atoms with Gasteiger partial charge in [-0.3, -0.25) is 0 Å². The molecular weight excluding hydrogens is 456 g/mol. The molecule has 38 heavy (non-hydrogen) atoms. The molecule has 0 aromatic heterocycles. The van der Waals surface area contributed by atoms with Crippen LogP contribution in [0.3, 0.4) is 0 Å². The third-order valence-corrected chi connectivity index (χ3v) is 8.05. The van der Waals surface area contributed by atoms with E-state index in [4.69, 9.17) is 0 Å². The van der Waals surface area contributed by atoms with E-state index in [0.717, 1.165) is 0 Å². The van der Waals surface area contributed by atoms with Gasteiger partial charge >= 0.3 is 0 Å². The molecule has 0 radical (unpaired) electrons. The Morgan fingerprint density at radius 2 is 0.763 bits per heavy atom. The van der Waals surface area contributed by atoms with Crippen LogP contribution < -0.4 is 0 Å². The largest absolute Gasteiger partial charge is 0.0616 e. The van der Waals surface area contributed by atoms with Crippen molar-refractivity contribution < 1.29 is 0 Å². The maximum absolute atomic E-state index is 2.30. The van der Waals surface area contributed by atoms with Gasteiger partial charge in [-0.2, -0.15) is 0 Å². The Morgan fingerprint density at radius 3 is 1.47 bits per heavy atom. The van der Waals surface area contributed by atoms with Crippen molar-refractivity contribution in [3.05, 3.63) is 145 Å². The molecule has 0 unspecified atom stereocenters. The van der Waals surface area contributed by atoms with Crippen LogP contribution >= 0.6 is 0 Å². The van der Waals surface area contributed by atoms with E-state index in [1.165, 1.54) is 75.8 Å². The molecule has 0 fully saturated rings. The lowest BCUT2D eigenvalue weighted by atomic mass is 9.90. The molecule has 0 atom stereocenters.